The van der Waals surface area contributed by atoms with Crippen molar-refractivity contribution in [2.24, 2.45) is 0 Å². The lowest BCUT2D eigenvalue weighted by Crippen LogP contribution is -2.04. The Kier molecular flexibility index (Phi) is 1.65. The molecule has 1 rings (SSSR count). The second kappa shape index (κ2) is 2.21. The third-order valence-corrected chi connectivity index (χ3v) is 3.17. The summed E-state index contributed by atoms with van der Waals surface area (Å²) in [6.07, 6.45) is 1.10. The number of hydrogen-bond donors (Lipinski definition) is 0. The van der Waals surface area contributed by atoms with Crippen LogP contribution < -0.4 is 0 Å². The van der Waals surface area contributed by atoms with Crippen LogP contribution >= 0.6 is 0 Å². The lowest BCUT2D eigenvalue weighted by atomic mass is 10.5. The minimum absolute atomic E-state index is 0.0694. The average molecular weight is 180 g/mol. The largest absolute Gasteiger partial charge is 0.224 e. The summed E-state index contributed by atoms with van der Waals surface area (Å²) in [5.41, 5.74) is 0. The Morgan fingerprint density at radius 3 is 2.20 bits per heavy atom. The summed E-state index contributed by atoms with van der Waals surface area (Å²) in [4.78, 5) is -0.0694. The van der Waals surface area contributed by atoms with Gasteiger partial charge < -0.3 is 0 Å². The SMILES string of the molecule is O=S(=O)=C1C=CS(=O)(=O)C1. The van der Waals surface area contributed by atoms with Crippen molar-refractivity contribution >= 4 is 25.0 Å². The molecule has 0 saturated heterocycles. The number of rotatable bonds is 0. The van der Waals surface area contributed by atoms with Gasteiger partial charge in [-0.05, 0) is 6.08 Å². The molecular weight excluding hydrogens is 176 g/mol. The molecule has 0 amide bonds. The molecule has 0 saturated carbocycles. The molecule has 0 aliphatic carbocycles. The van der Waals surface area contributed by atoms with Gasteiger partial charge in [-0.3, -0.25) is 0 Å². The van der Waals surface area contributed by atoms with Gasteiger partial charge in [0, 0.05) is 5.41 Å². The van der Waals surface area contributed by atoms with E-state index in [4.69, 9.17) is 0 Å². The fraction of sp³-hybridized carbons (Fsp3) is 0.250. The van der Waals surface area contributed by atoms with Gasteiger partial charge in [-0.15, -0.1) is 0 Å². The normalized spacial score (nSPS) is 21.4. The molecule has 0 N–H and O–H groups in total. The van der Waals surface area contributed by atoms with E-state index >= 15 is 0 Å². The highest BCUT2D eigenvalue weighted by Gasteiger charge is 2.17. The van der Waals surface area contributed by atoms with Crippen molar-refractivity contribution in [3.05, 3.63) is 11.5 Å². The summed E-state index contributed by atoms with van der Waals surface area (Å²) < 4.78 is 41.4. The maximum atomic E-state index is 10.6. The van der Waals surface area contributed by atoms with Crippen LogP contribution in [0.5, 0.6) is 0 Å². The van der Waals surface area contributed by atoms with E-state index in [2.05, 4.69) is 0 Å². The minimum Gasteiger partial charge on any atom is -0.224 e. The molecule has 10 heavy (non-hydrogen) atoms. The molecule has 0 spiro atoms. The van der Waals surface area contributed by atoms with Crippen molar-refractivity contribution < 1.29 is 16.8 Å². The van der Waals surface area contributed by atoms with Crippen molar-refractivity contribution in [1.29, 1.82) is 0 Å². The first-order chi connectivity index (χ1) is 4.51. The fourth-order valence-corrected chi connectivity index (χ4v) is 2.68. The summed E-state index contributed by atoms with van der Waals surface area (Å²) >= 11 is 0. The lowest BCUT2D eigenvalue weighted by molar-refractivity contribution is 0.608. The standard InChI is InChI=1S/C4H4O4S2/c5-9(6)4-1-2-10(7,8)3-4/h1-2H,3H2. The average Bonchev–Trinajstić information content (AvgIpc) is 2.10. The maximum absolute atomic E-state index is 10.6. The summed E-state index contributed by atoms with van der Waals surface area (Å²) in [7, 11) is -5.64. The molecule has 1 aliphatic rings. The molecule has 0 bridgehead atoms. The molecule has 0 aromatic heterocycles. The van der Waals surface area contributed by atoms with Crippen molar-refractivity contribution in [3.63, 3.8) is 0 Å². The highest BCUT2D eigenvalue weighted by molar-refractivity contribution is 7.96. The first kappa shape index (κ1) is 7.49. The molecular formula is C4H4O4S2. The first-order valence-corrected chi connectivity index (χ1v) is 5.16. The van der Waals surface area contributed by atoms with Gasteiger partial charge in [-0.25, -0.2) is 8.42 Å². The van der Waals surface area contributed by atoms with E-state index in [0.717, 1.165) is 11.5 Å². The molecule has 1 heterocycles. The highest BCUT2D eigenvalue weighted by Crippen LogP contribution is 2.02. The quantitative estimate of drug-likeness (QED) is 0.447. The molecule has 6 heteroatoms. The minimum atomic E-state index is -3.25. The molecule has 0 unspecified atom stereocenters. The third-order valence-electron chi connectivity index (χ3n) is 1.02. The predicted octanol–water partition coefficient (Wildman–Crippen LogP) is -1.02. The van der Waals surface area contributed by atoms with Crippen LogP contribution in [0, 0.1) is 0 Å². The molecule has 0 fully saturated rings. The smallest absolute Gasteiger partial charge is 0.218 e. The Labute approximate surface area is 59.6 Å². The van der Waals surface area contributed by atoms with Crippen molar-refractivity contribution in [1.82, 2.24) is 0 Å². The highest BCUT2D eigenvalue weighted by atomic mass is 32.2. The van der Waals surface area contributed by atoms with Gasteiger partial charge in [0.15, 0.2) is 9.84 Å². The van der Waals surface area contributed by atoms with Crippen LogP contribution in [0.3, 0.4) is 0 Å². The van der Waals surface area contributed by atoms with Crippen LogP contribution in [-0.2, 0) is 20.1 Å². The number of allylic oxidation sites excluding steroid dienone is 1. The van der Waals surface area contributed by atoms with Crippen LogP contribution in [0.25, 0.3) is 0 Å². The van der Waals surface area contributed by atoms with Crippen LogP contribution in [0.1, 0.15) is 0 Å². The Morgan fingerprint density at radius 1 is 1.40 bits per heavy atom. The predicted molar refractivity (Wildman–Crippen MR) is 36.9 cm³/mol. The van der Waals surface area contributed by atoms with Crippen LogP contribution in [0.2, 0.25) is 0 Å². The van der Waals surface area contributed by atoms with E-state index in [-0.39, 0.29) is 10.6 Å². The topological polar surface area (TPSA) is 68.3 Å². The Bertz CT molecular complexity index is 387. The van der Waals surface area contributed by atoms with E-state index in [1.165, 1.54) is 0 Å². The van der Waals surface area contributed by atoms with E-state index in [1.807, 2.05) is 0 Å². The van der Waals surface area contributed by atoms with Crippen molar-refractivity contribution in [3.8, 4) is 0 Å². The molecule has 0 atom stereocenters. The molecule has 1 aliphatic heterocycles. The lowest BCUT2D eigenvalue weighted by Gasteiger charge is -1.81. The van der Waals surface area contributed by atoms with Gasteiger partial charge in [0.05, 0.1) is 10.6 Å². The maximum Gasteiger partial charge on any atom is 0.218 e. The third kappa shape index (κ3) is 1.45. The molecule has 0 aromatic carbocycles. The van der Waals surface area contributed by atoms with E-state index in [0.29, 0.717) is 0 Å². The summed E-state index contributed by atoms with van der Waals surface area (Å²) in [6.45, 7) is 0. The monoisotopic (exact) mass is 180 g/mol. The zero-order chi connectivity index (χ0) is 7.78. The fourth-order valence-electron chi connectivity index (χ4n) is 0.578. The van der Waals surface area contributed by atoms with Crippen LogP contribution in [-0.4, -0.2) is 27.5 Å². The Balaban J connectivity index is 3.28. The van der Waals surface area contributed by atoms with E-state index in [1.54, 1.807) is 0 Å². The van der Waals surface area contributed by atoms with Gasteiger partial charge in [0.1, 0.15) is 0 Å². The van der Waals surface area contributed by atoms with Crippen molar-refractivity contribution in [2.45, 2.75) is 0 Å². The molecule has 56 valence electrons. The number of hydrogen-bond acceptors (Lipinski definition) is 4. The Hall–Kier alpha value is -0.620. The van der Waals surface area contributed by atoms with Crippen LogP contribution in [0.15, 0.2) is 11.5 Å². The van der Waals surface area contributed by atoms with Gasteiger partial charge in [0.2, 0.25) is 10.3 Å². The van der Waals surface area contributed by atoms with Gasteiger partial charge >= 0.3 is 0 Å². The molecule has 0 aromatic rings. The van der Waals surface area contributed by atoms with E-state index in [9.17, 15) is 16.8 Å². The summed E-state index contributed by atoms with van der Waals surface area (Å²) in [6, 6.07) is 0. The zero-order valence-electron chi connectivity index (χ0n) is 4.81. The van der Waals surface area contributed by atoms with Gasteiger partial charge in [-0.2, -0.15) is 8.42 Å². The second-order valence-electron chi connectivity index (χ2n) is 1.81. The van der Waals surface area contributed by atoms with Crippen molar-refractivity contribution in [2.75, 3.05) is 5.75 Å². The van der Waals surface area contributed by atoms with E-state index < -0.39 is 20.1 Å². The van der Waals surface area contributed by atoms with Crippen LogP contribution in [0.4, 0.5) is 0 Å². The molecule has 4 nitrogen and oxygen atoms in total. The Morgan fingerprint density at radius 2 is 2.00 bits per heavy atom. The summed E-state index contributed by atoms with van der Waals surface area (Å²) in [5, 5.41) is 0.901. The van der Waals surface area contributed by atoms with Gasteiger partial charge in [0.25, 0.3) is 0 Å². The first-order valence-electron chi connectivity index (χ1n) is 2.37. The van der Waals surface area contributed by atoms with Gasteiger partial charge in [-0.1, -0.05) is 0 Å². The zero-order valence-corrected chi connectivity index (χ0v) is 6.44. The number of sulfone groups is 1. The second-order valence-corrected chi connectivity index (χ2v) is 4.69. The molecule has 0 radical (unpaired) electrons. The summed E-state index contributed by atoms with van der Waals surface area (Å²) in [5.74, 6) is -0.386.